The predicted molar refractivity (Wildman–Crippen MR) is 135 cm³/mol. The molecule has 4 rings (SSSR count). The highest BCUT2D eigenvalue weighted by Gasteiger charge is 2.39. The van der Waals surface area contributed by atoms with Crippen molar-refractivity contribution >= 4 is 18.9 Å². The van der Waals surface area contributed by atoms with Gasteiger partial charge in [0.25, 0.3) is 12.9 Å². The molecule has 0 bridgehead atoms. The Labute approximate surface area is 211 Å². The molecule has 2 aromatic rings. The molecule has 11 heteroatoms. The van der Waals surface area contributed by atoms with Gasteiger partial charge >= 0.3 is 0 Å². The van der Waals surface area contributed by atoms with E-state index < -0.39 is 0 Å². The maximum absolute atomic E-state index is 12.1. The van der Waals surface area contributed by atoms with Gasteiger partial charge in [-0.2, -0.15) is 0 Å². The highest BCUT2D eigenvalue weighted by molar-refractivity contribution is 5.76. The minimum atomic E-state index is -0.250. The Morgan fingerprint density at radius 1 is 1.14 bits per heavy atom. The molecule has 1 aromatic carbocycles. The van der Waals surface area contributed by atoms with Crippen molar-refractivity contribution in [3.63, 3.8) is 0 Å². The summed E-state index contributed by atoms with van der Waals surface area (Å²) in [6.07, 6.45) is 5.50. The Kier molecular flexibility index (Phi) is 11.5. The lowest BCUT2D eigenvalue weighted by Crippen LogP contribution is -2.47. The zero-order valence-electron chi connectivity index (χ0n) is 21.4. The van der Waals surface area contributed by atoms with E-state index in [0.717, 1.165) is 37.4 Å². The van der Waals surface area contributed by atoms with E-state index >= 15 is 0 Å². The smallest absolute Gasteiger partial charge is 0.290 e. The maximum Gasteiger partial charge on any atom is 0.290 e. The van der Waals surface area contributed by atoms with Crippen molar-refractivity contribution in [2.24, 2.45) is 0 Å². The molecule has 2 saturated heterocycles. The molecule has 2 aliphatic heterocycles. The van der Waals surface area contributed by atoms with E-state index in [1.54, 1.807) is 19.0 Å². The van der Waals surface area contributed by atoms with E-state index in [-0.39, 0.29) is 25.0 Å². The van der Waals surface area contributed by atoms with Gasteiger partial charge < -0.3 is 29.3 Å². The topological polar surface area (TPSA) is 128 Å². The number of fused-ring (bicyclic) bond motifs is 1. The Morgan fingerprint density at radius 3 is 2.47 bits per heavy atom. The first-order chi connectivity index (χ1) is 17.2. The lowest BCUT2D eigenvalue weighted by Gasteiger charge is -2.35. The Morgan fingerprint density at radius 2 is 1.83 bits per heavy atom. The normalized spacial score (nSPS) is 20.9. The van der Waals surface area contributed by atoms with Crippen molar-refractivity contribution in [1.29, 1.82) is 0 Å². The average molecular weight is 504 g/mol. The fourth-order valence-electron chi connectivity index (χ4n) is 4.62. The van der Waals surface area contributed by atoms with Crippen molar-refractivity contribution in [3.8, 4) is 11.4 Å². The van der Waals surface area contributed by atoms with Gasteiger partial charge in [-0.3, -0.25) is 19.3 Å². The minimum absolute atomic E-state index is 0.0140. The van der Waals surface area contributed by atoms with Gasteiger partial charge in [-0.1, -0.05) is 18.2 Å². The van der Waals surface area contributed by atoms with E-state index in [0.29, 0.717) is 25.1 Å². The number of hydrogen-bond donors (Lipinski definition) is 2. The van der Waals surface area contributed by atoms with Crippen LogP contribution < -0.4 is 0 Å². The molecule has 0 unspecified atom stereocenters. The lowest BCUT2D eigenvalue weighted by atomic mass is 10.1. The fourth-order valence-corrected chi connectivity index (χ4v) is 4.62. The van der Waals surface area contributed by atoms with E-state index in [9.17, 15) is 4.79 Å². The molecular formula is C25H37N5O6. The third-order valence-electron chi connectivity index (χ3n) is 6.12. The zero-order valence-corrected chi connectivity index (χ0v) is 21.4. The highest BCUT2D eigenvalue weighted by Crippen LogP contribution is 2.34. The van der Waals surface area contributed by atoms with E-state index in [4.69, 9.17) is 29.5 Å². The number of amides is 1. The largest absolute Gasteiger partial charge is 0.483 e. The van der Waals surface area contributed by atoms with Crippen LogP contribution in [0.4, 0.5) is 0 Å². The lowest BCUT2D eigenvalue weighted by molar-refractivity contribution is -0.134. The van der Waals surface area contributed by atoms with Crippen LogP contribution in [0.2, 0.25) is 0 Å². The summed E-state index contributed by atoms with van der Waals surface area (Å²) in [4.78, 5) is 39.8. The van der Waals surface area contributed by atoms with Crippen LogP contribution in [0.5, 0.6) is 0 Å². The molecule has 2 fully saturated rings. The number of nitrogens with zero attached hydrogens (tertiary/aromatic N) is 5. The monoisotopic (exact) mass is 503 g/mol. The van der Waals surface area contributed by atoms with Crippen LogP contribution in [0.3, 0.4) is 0 Å². The molecule has 0 saturated carbocycles. The molecule has 1 amide bonds. The number of carbonyl (C=O) groups excluding carboxylic acids is 1. The molecule has 198 valence electrons. The maximum atomic E-state index is 12.1. The second kappa shape index (κ2) is 14.3. The van der Waals surface area contributed by atoms with Crippen LogP contribution in [-0.2, 0) is 25.7 Å². The molecule has 0 aliphatic carbocycles. The molecular weight excluding hydrogens is 466 g/mol. The highest BCUT2D eigenvalue weighted by atomic mass is 16.5. The Hall–Kier alpha value is -3.28. The van der Waals surface area contributed by atoms with Crippen molar-refractivity contribution in [2.75, 3.05) is 47.9 Å². The van der Waals surface area contributed by atoms with Gasteiger partial charge in [0.2, 0.25) is 5.91 Å². The molecule has 0 spiro atoms. The van der Waals surface area contributed by atoms with Gasteiger partial charge in [-0.25, -0.2) is 4.98 Å². The SMILES string of the molecule is CN(C)Cc1cccc(-c2nccn2[C@@H]2C[C@H]3CO[C@@H](CC(=O)N(C)C)CN3C2)c1.O=CO.O=CO. The number of aromatic nitrogens is 2. The number of hydrogen-bond acceptors (Lipinski definition) is 7. The number of imidazole rings is 1. The summed E-state index contributed by atoms with van der Waals surface area (Å²) in [5, 5.41) is 13.8. The molecule has 36 heavy (non-hydrogen) atoms. The van der Waals surface area contributed by atoms with Gasteiger partial charge in [0.15, 0.2) is 0 Å². The summed E-state index contributed by atoms with van der Waals surface area (Å²) >= 11 is 0. The van der Waals surface area contributed by atoms with Gasteiger partial charge in [0.05, 0.1) is 19.1 Å². The second-order valence-corrected chi connectivity index (χ2v) is 9.25. The fraction of sp³-hybridized carbons (Fsp3) is 0.520. The summed E-state index contributed by atoms with van der Waals surface area (Å²) in [7, 11) is 7.77. The quantitative estimate of drug-likeness (QED) is 0.564. The van der Waals surface area contributed by atoms with Gasteiger partial charge in [0, 0.05) is 63.8 Å². The van der Waals surface area contributed by atoms with Crippen molar-refractivity contribution in [1.82, 2.24) is 24.3 Å². The summed E-state index contributed by atoms with van der Waals surface area (Å²) in [6, 6.07) is 9.46. The van der Waals surface area contributed by atoms with Crippen LogP contribution >= 0.6 is 0 Å². The number of morpholine rings is 1. The minimum Gasteiger partial charge on any atom is -0.483 e. The first-order valence-corrected chi connectivity index (χ1v) is 11.7. The van der Waals surface area contributed by atoms with Gasteiger partial charge in [-0.15, -0.1) is 0 Å². The number of benzene rings is 1. The number of rotatable bonds is 6. The number of carboxylic acid groups (broad SMARTS) is 2. The predicted octanol–water partition coefficient (Wildman–Crippen LogP) is 1.51. The van der Waals surface area contributed by atoms with Crippen molar-refractivity contribution in [3.05, 3.63) is 42.2 Å². The first-order valence-electron chi connectivity index (χ1n) is 11.7. The van der Waals surface area contributed by atoms with Crippen molar-refractivity contribution < 1.29 is 29.3 Å². The van der Waals surface area contributed by atoms with Crippen LogP contribution in [-0.4, -0.2) is 113 Å². The average Bonchev–Trinajstić information content (AvgIpc) is 3.46. The molecule has 1 aromatic heterocycles. The summed E-state index contributed by atoms with van der Waals surface area (Å²) in [5.41, 5.74) is 2.45. The van der Waals surface area contributed by atoms with E-state index in [1.807, 2.05) is 6.20 Å². The second-order valence-electron chi connectivity index (χ2n) is 9.25. The van der Waals surface area contributed by atoms with Crippen LogP contribution in [0, 0.1) is 0 Å². The summed E-state index contributed by atoms with van der Waals surface area (Å²) in [6.45, 7) is 2.91. The molecule has 0 radical (unpaired) electrons. The zero-order chi connectivity index (χ0) is 26.7. The molecule has 3 heterocycles. The Bertz CT molecular complexity index is 973. The standard InChI is InChI=1S/C23H33N5O2.2CH2O2/c1-25(2)13-17-6-5-7-18(10-17)23-24-8-9-28(23)19-11-20-16-30-21(15-27(20)14-19)12-22(29)26(3)4;2*2-1-3/h5-10,19-21H,11-16H2,1-4H3;2*1H,(H,2,3)/t19-,20+,21+;;/m1../s1. The van der Waals surface area contributed by atoms with Crippen LogP contribution in [0.25, 0.3) is 11.4 Å². The summed E-state index contributed by atoms with van der Waals surface area (Å²) < 4.78 is 8.35. The summed E-state index contributed by atoms with van der Waals surface area (Å²) in [5.74, 6) is 1.16. The molecule has 11 nitrogen and oxygen atoms in total. The molecule has 2 aliphatic rings. The van der Waals surface area contributed by atoms with E-state index in [1.165, 1.54) is 5.56 Å². The number of ether oxygens (including phenoxy) is 1. The van der Waals surface area contributed by atoms with Gasteiger partial charge in [0.1, 0.15) is 5.82 Å². The Balaban J connectivity index is 0.000000693. The van der Waals surface area contributed by atoms with E-state index in [2.05, 4.69) is 58.9 Å². The third kappa shape index (κ3) is 8.14. The van der Waals surface area contributed by atoms with Crippen LogP contribution in [0.1, 0.15) is 24.4 Å². The third-order valence-corrected chi connectivity index (χ3v) is 6.12. The molecule has 3 atom stereocenters. The number of carbonyl (C=O) groups is 3. The first kappa shape index (κ1) is 29.0. The van der Waals surface area contributed by atoms with Crippen LogP contribution in [0.15, 0.2) is 36.7 Å². The molecule has 2 N–H and O–H groups in total. The van der Waals surface area contributed by atoms with Gasteiger partial charge in [-0.05, 0) is 32.1 Å². The van der Waals surface area contributed by atoms with Crippen molar-refractivity contribution in [2.45, 2.75) is 37.6 Å².